The van der Waals surface area contributed by atoms with Crippen LogP contribution in [0.15, 0.2) is 51.7 Å². The summed E-state index contributed by atoms with van der Waals surface area (Å²) in [4.78, 5) is 29.2. The van der Waals surface area contributed by atoms with Gasteiger partial charge in [-0.1, -0.05) is 24.3 Å². The lowest BCUT2D eigenvalue weighted by Crippen LogP contribution is -2.50. The number of halogens is 4. The monoisotopic (exact) mass is 596 g/mol. The number of hydrogen-bond acceptors (Lipinski definition) is 4. The summed E-state index contributed by atoms with van der Waals surface area (Å²) in [7, 11) is 0. The lowest BCUT2D eigenvalue weighted by Gasteiger charge is -2.27. The second-order valence-corrected chi connectivity index (χ2v) is 9.41. The number of carbonyl (C=O) groups excluding carboxylic acids is 1. The van der Waals surface area contributed by atoms with Crippen molar-refractivity contribution >= 4 is 34.4 Å². The number of piperazine rings is 1. The molecule has 3 aromatic rings. The highest BCUT2D eigenvalue weighted by Crippen LogP contribution is 2.31. The molecular formula is C26H28BrClF2N4O3. The van der Waals surface area contributed by atoms with E-state index in [9.17, 15) is 18.4 Å². The van der Waals surface area contributed by atoms with E-state index in [1.54, 1.807) is 11.8 Å². The van der Waals surface area contributed by atoms with Gasteiger partial charge in [-0.05, 0) is 46.1 Å². The number of ether oxygens (including phenoxy) is 1. The predicted octanol–water partition coefficient (Wildman–Crippen LogP) is 4.43. The molecule has 1 fully saturated rings. The molecule has 0 bridgehead atoms. The number of amides is 2. The fourth-order valence-corrected chi connectivity index (χ4v) is 4.45. The third-order valence-corrected chi connectivity index (χ3v) is 6.79. The van der Waals surface area contributed by atoms with Gasteiger partial charge in [0.25, 0.3) is 5.56 Å². The van der Waals surface area contributed by atoms with Crippen LogP contribution in [0.5, 0.6) is 5.75 Å². The van der Waals surface area contributed by atoms with E-state index >= 15 is 0 Å². The van der Waals surface area contributed by atoms with Gasteiger partial charge >= 0.3 is 6.03 Å². The first-order valence-corrected chi connectivity index (χ1v) is 12.4. The van der Waals surface area contributed by atoms with E-state index in [0.29, 0.717) is 37.5 Å². The van der Waals surface area contributed by atoms with Crippen molar-refractivity contribution < 1.29 is 18.3 Å². The average Bonchev–Trinajstić information content (AvgIpc) is 2.88. The molecule has 4 rings (SSSR count). The van der Waals surface area contributed by atoms with E-state index < -0.39 is 11.6 Å². The lowest BCUT2D eigenvalue weighted by atomic mass is 10.0. The van der Waals surface area contributed by atoms with Gasteiger partial charge in [-0.3, -0.25) is 4.79 Å². The Morgan fingerprint density at radius 3 is 2.46 bits per heavy atom. The van der Waals surface area contributed by atoms with E-state index in [1.807, 2.05) is 24.3 Å². The number of rotatable bonds is 7. The summed E-state index contributed by atoms with van der Waals surface area (Å²) in [5, 5.41) is 6.17. The Kier molecular flexibility index (Phi) is 10.1. The number of aromatic nitrogens is 1. The second-order valence-electron chi connectivity index (χ2n) is 8.61. The maximum Gasteiger partial charge on any atom is 0.317 e. The number of carbonyl (C=O) groups is 1. The van der Waals surface area contributed by atoms with Crippen molar-refractivity contribution in [3.8, 4) is 5.75 Å². The first-order chi connectivity index (χ1) is 17.3. The van der Waals surface area contributed by atoms with Crippen LogP contribution in [0.4, 0.5) is 13.6 Å². The Bertz CT molecular complexity index is 1300. The van der Waals surface area contributed by atoms with Crippen molar-refractivity contribution in [2.45, 2.75) is 26.5 Å². The smallest absolute Gasteiger partial charge is 0.317 e. The molecule has 0 spiro atoms. The maximum atomic E-state index is 14.1. The highest BCUT2D eigenvalue weighted by Gasteiger charge is 2.18. The van der Waals surface area contributed by atoms with E-state index in [4.69, 9.17) is 4.74 Å². The van der Waals surface area contributed by atoms with Gasteiger partial charge in [0.1, 0.15) is 28.5 Å². The van der Waals surface area contributed by atoms with Gasteiger partial charge in [0.05, 0.1) is 0 Å². The third-order valence-electron chi connectivity index (χ3n) is 6.07. The van der Waals surface area contributed by atoms with E-state index in [-0.39, 0.29) is 40.6 Å². The molecule has 0 atom stereocenters. The number of benzene rings is 2. The molecule has 1 aliphatic heterocycles. The van der Waals surface area contributed by atoms with Crippen LogP contribution < -0.4 is 20.9 Å². The van der Waals surface area contributed by atoms with Crippen LogP contribution in [0.2, 0.25) is 0 Å². The highest BCUT2D eigenvalue weighted by molar-refractivity contribution is 9.10. The molecule has 1 aromatic heterocycles. The summed E-state index contributed by atoms with van der Waals surface area (Å²) in [5.41, 5.74) is 3.12. The molecule has 7 nitrogen and oxygen atoms in total. The van der Waals surface area contributed by atoms with Crippen molar-refractivity contribution in [3.05, 3.63) is 96.9 Å². The minimum Gasteiger partial charge on any atom is -0.487 e. The Labute approximate surface area is 228 Å². The molecule has 11 heteroatoms. The average molecular weight is 598 g/mol. The summed E-state index contributed by atoms with van der Waals surface area (Å²) in [6.45, 7) is 5.01. The molecule has 2 amide bonds. The molecule has 2 heterocycles. The van der Waals surface area contributed by atoms with Gasteiger partial charge in [0.2, 0.25) is 0 Å². The predicted molar refractivity (Wildman–Crippen MR) is 143 cm³/mol. The fourth-order valence-electron chi connectivity index (χ4n) is 3.99. The first kappa shape index (κ1) is 28.6. The molecule has 0 aliphatic carbocycles. The topological polar surface area (TPSA) is 86.5 Å². The van der Waals surface area contributed by atoms with Gasteiger partial charge in [-0.25, -0.2) is 13.6 Å². The van der Waals surface area contributed by atoms with Crippen LogP contribution in [-0.2, 0) is 19.6 Å². The Hall–Kier alpha value is -2.95. The summed E-state index contributed by atoms with van der Waals surface area (Å²) in [6.07, 6.45) is 0.454. The fraction of sp³-hybridized carbons (Fsp3) is 0.308. The number of nitrogens with one attached hydrogen (secondary N) is 3. The number of pyridine rings is 1. The first-order valence-electron chi connectivity index (χ1n) is 11.6. The normalized spacial score (nSPS) is 13.1. The van der Waals surface area contributed by atoms with E-state index in [1.165, 1.54) is 6.07 Å². The zero-order chi connectivity index (χ0) is 25.7. The molecule has 3 N–H and O–H groups in total. The molecule has 0 radical (unpaired) electrons. The number of nitrogens with zero attached hydrogens (tertiary/aromatic N) is 1. The molecule has 1 aliphatic rings. The Balaban J connectivity index is 0.00000380. The third kappa shape index (κ3) is 7.30. The SMILES string of the molecule is Cc1[nH]c(=O)c(Br)c(OCc2ccc(F)cc2F)c1Cc1ccc(CNC(=O)N2CCNCC2)cc1.Cl. The number of H-pyrrole nitrogens is 1. The molecule has 0 saturated carbocycles. The van der Waals surface area contributed by atoms with Gasteiger partial charge < -0.3 is 25.3 Å². The van der Waals surface area contributed by atoms with Crippen molar-refractivity contribution in [3.63, 3.8) is 0 Å². The summed E-state index contributed by atoms with van der Waals surface area (Å²) < 4.78 is 33.4. The molecule has 2 aromatic carbocycles. The van der Waals surface area contributed by atoms with Gasteiger partial charge in [-0.15, -0.1) is 12.4 Å². The number of urea groups is 1. The molecule has 0 unspecified atom stereocenters. The standard InChI is InChI=1S/C26H27BrF2N4O3.ClH/c1-16-21(24(23(27)25(34)32-16)36-15-19-6-7-20(28)13-22(19)29)12-17-2-4-18(5-3-17)14-31-26(35)33-10-8-30-9-11-33;/h2-7,13,30H,8-12,14-15H2,1H3,(H,31,35)(H,32,34);1H. The molecular weight excluding hydrogens is 570 g/mol. The summed E-state index contributed by atoms with van der Waals surface area (Å²) >= 11 is 3.29. The van der Waals surface area contributed by atoms with Crippen molar-refractivity contribution in [1.82, 2.24) is 20.5 Å². The Morgan fingerprint density at radius 1 is 1.11 bits per heavy atom. The number of aromatic amines is 1. The van der Waals surface area contributed by atoms with Crippen LogP contribution in [0.25, 0.3) is 0 Å². The minimum absolute atomic E-state index is 0. The Morgan fingerprint density at radius 2 is 1.78 bits per heavy atom. The van der Waals surface area contributed by atoms with E-state index in [2.05, 4.69) is 31.5 Å². The van der Waals surface area contributed by atoms with Crippen LogP contribution in [0, 0.1) is 18.6 Å². The quantitative estimate of drug-likeness (QED) is 0.376. The summed E-state index contributed by atoms with van der Waals surface area (Å²) in [5.74, 6) is -1.07. The largest absolute Gasteiger partial charge is 0.487 e. The second kappa shape index (κ2) is 13.0. The van der Waals surface area contributed by atoms with Crippen LogP contribution in [0.1, 0.15) is 27.9 Å². The maximum absolute atomic E-state index is 14.1. The highest BCUT2D eigenvalue weighted by atomic mass is 79.9. The lowest BCUT2D eigenvalue weighted by molar-refractivity contribution is 0.190. The van der Waals surface area contributed by atoms with Crippen LogP contribution in [0.3, 0.4) is 0 Å². The molecule has 198 valence electrons. The number of hydrogen-bond donors (Lipinski definition) is 3. The van der Waals surface area contributed by atoms with Gasteiger partial charge in [0.15, 0.2) is 0 Å². The van der Waals surface area contributed by atoms with Crippen molar-refractivity contribution in [2.75, 3.05) is 26.2 Å². The van der Waals surface area contributed by atoms with Crippen molar-refractivity contribution in [2.24, 2.45) is 0 Å². The molecule has 1 saturated heterocycles. The van der Waals surface area contributed by atoms with E-state index in [0.717, 1.165) is 41.9 Å². The molecule has 37 heavy (non-hydrogen) atoms. The van der Waals surface area contributed by atoms with Gasteiger partial charge in [-0.2, -0.15) is 0 Å². The number of aryl methyl sites for hydroxylation is 1. The van der Waals surface area contributed by atoms with Crippen molar-refractivity contribution in [1.29, 1.82) is 0 Å². The van der Waals surface area contributed by atoms with Crippen LogP contribution in [-0.4, -0.2) is 42.1 Å². The van der Waals surface area contributed by atoms with Crippen LogP contribution >= 0.6 is 28.3 Å². The summed E-state index contributed by atoms with van der Waals surface area (Å²) in [6, 6.07) is 11.0. The zero-order valence-corrected chi connectivity index (χ0v) is 22.6. The zero-order valence-electron chi connectivity index (χ0n) is 20.2. The minimum atomic E-state index is -0.714. The van der Waals surface area contributed by atoms with Gasteiger partial charge in [0, 0.05) is 62.0 Å².